The number of rotatable bonds is 6. The number of ether oxygens (including phenoxy) is 1. The van der Waals surface area contributed by atoms with Gasteiger partial charge in [0.1, 0.15) is 6.10 Å². The van der Waals surface area contributed by atoms with Crippen LogP contribution in [0.5, 0.6) is 0 Å². The third kappa shape index (κ3) is 3.02. The molecule has 92 valence electrons. The van der Waals surface area contributed by atoms with Gasteiger partial charge in [-0.2, -0.15) is 4.98 Å². The Morgan fingerprint density at radius 3 is 2.56 bits per heavy atom. The summed E-state index contributed by atoms with van der Waals surface area (Å²) in [5, 5.41) is 3.92. The van der Waals surface area contributed by atoms with Crippen molar-refractivity contribution in [3.8, 4) is 0 Å². The first-order chi connectivity index (χ1) is 7.60. The van der Waals surface area contributed by atoms with E-state index in [1.165, 1.54) is 0 Å². The van der Waals surface area contributed by atoms with E-state index in [1.54, 1.807) is 0 Å². The van der Waals surface area contributed by atoms with Crippen molar-refractivity contribution >= 4 is 0 Å². The number of hydrogen-bond acceptors (Lipinski definition) is 5. The molecule has 5 nitrogen and oxygen atoms in total. The van der Waals surface area contributed by atoms with E-state index in [0.717, 1.165) is 6.42 Å². The van der Waals surface area contributed by atoms with Crippen molar-refractivity contribution in [2.75, 3.05) is 6.61 Å². The molecule has 0 amide bonds. The van der Waals surface area contributed by atoms with E-state index < -0.39 is 0 Å². The van der Waals surface area contributed by atoms with Crippen molar-refractivity contribution < 1.29 is 9.26 Å². The molecule has 0 aliphatic carbocycles. The highest BCUT2D eigenvalue weighted by atomic mass is 16.5. The summed E-state index contributed by atoms with van der Waals surface area (Å²) < 4.78 is 10.7. The lowest BCUT2D eigenvalue weighted by Gasteiger charge is -2.10. The van der Waals surface area contributed by atoms with E-state index >= 15 is 0 Å². The zero-order chi connectivity index (χ0) is 12.1. The van der Waals surface area contributed by atoms with Gasteiger partial charge in [-0.15, -0.1) is 0 Å². The average molecular weight is 227 g/mol. The molecule has 0 spiro atoms. The summed E-state index contributed by atoms with van der Waals surface area (Å²) in [6.07, 6.45) is 0.728. The van der Waals surface area contributed by atoms with Gasteiger partial charge in [0, 0.05) is 6.61 Å². The molecule has 2 N–H and O–H groups in total. The summed E-state index contributed by atoms with van der Waals surface area (Å²) in [6.45, 7) is 8.66. The van der Waals surface area contributed by atoms with Crippen LogP contribution in [0.2, 0.25) is 0 Å². The van der Waals surface area contributed by atoms with Crippen LogP contribution in [-0.2, 0) is 4.74 Å². The lowest BCUT2D eigenvalue weighted by Crippen LogP contribution is -2.17. The molecule has 0 fully saturated rings. The topological polar surface area (TPSA) is 74.2 Å². The molecule has 1 aromatic rings. The Bertz CT molecular complexity index is 312. The SMILES string of the molecule is CCOC(CC)c1noc([C@H](N)C(C)C)n1. The molecule has 1 heterocycles. The van der Waals surface area contributed by atoms with Gasteiger partial charge in [-0.05, 0) is 19.3 Å². The summed E-state index contributed by atoms with van der Waals surface area (Å²) in [7, 11) is 0. The van der Waals surface area contributed by atoms with Crippen LogP contribution < -0.4 is 5.73 Å². The Labute approximate surface area is 96.4 Å². The molecule has 0 aromatic carbocycles. The van der Waals surface area contributed by atoms with Crippen LogP contribution in [-0.4, -0.2) is 16.7 Å². The molecule has 0 aliphatic heterocycles. The largest absolute Gasteiger partial charge is 0.370 e. The third-order valence-electron chi connectivity index (χ3n) is 2.49. The molecular formula is C11H21N3O2. The second-order valence-corrected chi connectivity index (χ2v) is 4.11. The van der Waals surface area contributed by atoms with Gasteiger partial charge in [0.2, 0.25) is 11.7 Å². The molecule has 1 unspecified atom stereocenters. The average Bonchev–Trinajstić information content (AvgIpc) is 2.73. The number of hydrogen-bond donors (Lipinski definition) is 1. The van der Waals surface area contributed by atoms with Crippen molar-refractivity contribution in [2.24, 2.45) is 11.7 Å². The van der Waals surface area contributed by atoms with Crippen molar-refractivity contribution in [1.29, 1.82) is 0 Å². The van der Waals surface area contributed by atoms with Crippen molar-refractivity contribution in [3.63, 3.8) is 0 Å². The highest BCUT2D eigenvalue weighted by Crippen LogP contribution is 2.22. The van der Waals surface area contributed by atoms with Gasteiger partial charge in [0.25, 0.3) is 0 Å². The number of nitrogens with zero attached hydrogens (tertiary/aromatic N) is 2. The minimum Gasteiger partial charge on any atom is -0.370 e. The fraction of sp³-hybridized carbons (Fsp3) is 0.818. The Morgan fingerprint density at radius 2 is 2.06 bits per heavy atom. The highest BCUT2D eigenvalue weighted by Gasteiger charge is 2.21. The molecule has 5 heteroatoms. The summed E-state index contributed by atoms with van der Waals surface area (Å²) in [5.41, 5.74) is 5.93. The van der Waals surface area contributed by atoms with Crippen LogP contribution in [0.4, 0.5) is 0 Å². The quantitative estimate of drug-likeness (QED) is 0.806. The zero-order valence-corrected chi connectivity index (χ0v) is 10.4. The normalized spacial score (nSPS) is 15.4. The first kappa shape index (κ1) is 13.1. The Hall–Kier alpha value is -0.940. The van der Waals surface area contributed by atoms with Crippen molar-refractivity contribution in [2.45, 2.75) is 46.3 Å². The lowest BCUT2D eigenvalue weighted by atomic mass is 10.1. The van der Waals surface area contributed by atoms with Gasteiger partial charge in [0.15, 0.2) is 0 Å². The molecule has 0 radical (unpaired) electrons. The molecule has 0 saturated carbocycles. The van der Waals surface area contributed by atoms with Gasteiger partial charge in [-0.3, -0.25) is 0 Å². The molecule has 0 aliphatic rings. The molecule has 0 saturated heterocycles. The molecular weight excluding hydrogens is 206 g/mol. The maximum absolute atomic E-state index is 5.93. The van der Waals surface area contributed by atoms with Crippen molar-refractivity contribution in [1.82, 2.24) is 10.1 Å². The maximum atomic E-state index is 5.93. The first-order valence-corrected chi connectivity index (χ1v) is 5.80. The van der Waals surface area contributed by atoms with Crippen LogP contribution in [0.3, 0.4) is 0 Å². The molecule has 0 bridgehead atoms. The van der Waals surface area contributed by atoms with Crippen LogP contribution >= 0.6 is 0 Å². The van der Waals surface area contributed by atoms with Crippen LogP contribution in [0.25, 0.3) is 0 Å². The van der Waals surface area contributed by atoms with Gasteiger partial charge < -0.3 is 15.0 Å². The summed E-state index contributed by atoms with van der Waals surface area (Å²) in [4.78, 5) is 4.29. The van der Waals surface area contributed by atoms with Crippen LogP contribution in [0.15, 0.2) is 4.52 Å². The number of aromatic nitrogens is 2. The highest BCUT2D eigenvalue weighted by molar-refractivity contribution is 4.95. The maximum Gasteiger partial charge on any atom is 0.243 e. The minimum atomic E-state index is -0.208. The Kier molecular flexibility index (Phi) is 4.89. The standard InChI is InChI=1S/C11H21N3O2/c1-5-8(15-6-2)10-13-11(16-14-10)9(12)7(3)4/h7-9H,5-6,12H2,1-4H3/t8?,9-/m1/s1. The van der Waals surface area contributed by atoms with Crippen LogP contribution in [0.1, 0.15) is 58.0 Å². The Balaban J connectivity index is 2.76. The summed E-state index contributed by atoms with van der Waals surface area (Å²) >= 11 is 0. The van der Waals surface area contributed by atoms with E-state index in [4.69, 9.17) is 15.0 Å². The van der Waals surface area contributed by atoms with Gasteiger partial charge in [-0.1, -0.05) is 25.9 Å². The monoisotopic (exact) mass is 227 g/mol. The van der Waals surface area contributed by atoms with Gasteiger partial charge in [0.05, 0.1) is 6.04 Å². The minimum absolute atomic E-state index is 0.0955. The predicted octanol–water partition coefficient (Wildman–Crippen LogP) is 2.21. The van der Waals surface area contributed by atoms with Gasteiger partial charge >= 0.3 is 0 Å². The second kappa shape index (κ2) is 5.96. The molecule has 2 atom stereocenters. The predicted molar refractivity (Wildman–Crippen MR) is 60.7 cm³/mol. The first-order valence-electron chi connectivity index (χ1n) is 5.80. The summed E-state index contributed by atoms with van der Waals surface area (Å²) in [6, 6.07) is -0.208. The Morgan fingerprint density at radius 1 is 1.38 bits per heavy atom. The molecule has 16 heavy (non-hydrogen) atoms. The fourth-order valence-corrected chi connectivity index (χ4v) is 1.37. The van der Waals surface area contributed by atoms with E-state index in [1.807, 2.05) is 27.7 Å². The zero-order valence-electron chi connectivity index (χ0n) is 10.4. The fourth-order valence-electron chi connectivity index (χ4n) is 1.37. The number of nitrogens with two attached hydrogens (primary N) is 1. The van der Waals surface area contributed by atoms with E-state index in [0.29, 0.717) is 18.3 Å². The smallest absolute Gasteiger partial charge is 0.243 e. The van der Waals surface area contributed by atoms with E-state index in [9.17, 15) is 0 Å². The summed E-state index contributed by atoms with van der Waals surface area (Å²) in [5.74, 6) is 1.36. The molecule has 1 rings (SSSR count). The van der Waals surface area contributed by atoms with E-state index in [2.05, 4.69) is 10.1 Å². The van der Waals surface area contributed by atoms with Crippen LogP contribution in [0, 0.1) is 5.92 Å². The third-order valence-corrected chi connectivity index (χ3v) is 2.49. The van der Waals surface area contributed by atoms with E-state index in [-0.39, 0.29) is 18.1 Å². The van der Waals surface area contributed by atoms with Crippen molar-refractivity contribution in [3.05, 3.63) is 11.7 Å². The van der Waals surface area contributed by atoms with Gasteiger partial charge in [-0.25, -0.2) is 0 Å². The molecule has 1 aromatic heterocycles. The lowest BCUT2D eigenvalue weighted by molar-refractivity contribution is 0.0518. The second-order valence-electron chi connectivity index (χ2n) is 4.11.